The molecular formula is C11H5BF6. The number of halogens is 6. The molecule has 0 fully saturated rings. The predicted molar refractivity (Wildman–Crippen MR) is 56.4 cm³/mol. The molecule has 0 aliphatic heterocycles. The zero-order chi connectivity index (χ0) is 13.6. The normalized spacial score (nSPS) is 17.4. The first kappa shape index (κ1) is 12.9. The van der Waals surface area contributed by atoms with E-state index in [1.54, 1.807) is 0 Å². The molecule has 1 aliphatic carbocycles. The first-order valence-electron chi connectivity index (χ1n) is 4.87. The Balaban J connectivity index is 2.61. The number of allylic oxidation sites excluding steroid dienone is 1. The van der Waals surface area contributed by atoms with Crippen LogP contribution in [0.25, 0.3) is 6.08 Å². The van der Waals surface area contributed by atoms with E-state index in [9.17, 15) is 26.3 Å². The molecule has 0 nitrogen and oxygen atoms in total. The van der Waals surface area contributed by atoms with Crippen molar-refractivity contribution in [2.45, 2.75) is 12.3 Å². The van der Waals surface area contributed by atoms with Gasteiger partial charge in [-0.05, 0) is 0 Å². The molecule has 0 unspecified atom stereocenters. The number of hydrogen-bond acceptors (Lipinski definition) is 0. The standard InChI is InChI=1S/C11H5BF6/c13-10(14,15)8-5-6-3-1-2-4-7(6)9(8)12-11(16,17)18/h1-5H. The van der Waals surface area contributed by atoms with E-state index in [0.29, 0.717) is 0 Å². The topological polar surface area (TPSA) is 0 Å². The SMILES string of the molecule is FC(F)(F)B=C1C(C(F)(F)F)=Cc2ccccc21. The van der Waals surface area contributed by atoms with Crippen LogP contribution in [0, 0.1) is 0 Å². The van der Waals surface area contributed by atoms with Gasteiger partial charge in [0.1, 0.15) is 0 Å². The number of benzene rings is 1. The summed E-state index contributed by atoms with van der Waals surface area (Å²) in [4.78, 5) is 0. The van der Waals surface area contributed by atoms with E-state index in [0.717, 1.165) is 6.08 Å². The second-order valence-electron chi connectivity index (χ2n) is 3.74. The Bertz CT molecular complexity index is 535. The second-order valence-corrected chi connectivity index (χ2v) is 3.74. The van der Waals surface area contributed by atoms with Crippen molar-refractivity contribution in [2.24, 2.45) is 0 Å². The van der Waals surface area contributed by atoms with Crippen LogP contribution in [0.4, 0.5) is 26.3 Å². The Morgan fingerprint density at radius 3 is 2.06 bits per heavy atom. The van der Waals surface area contributed by atoms with Gasteiger partial charge in [-0.15, -0.1) is 0 Å². The molecule has 0 saturated carbocycles. The zero-order valence-corrected chi connectivity index (χ0v) is 8.73. The average molecular weight is 262 g/mol. The van der Waals surface area contributed by atoms with Crippen molar-refractivity contribution in [1.29, 1.82) is 0 Å². The van der Waals surface area contributed by atoms with Gasteiger partial charge in [0, 0.05) is 0 Å². The molecular weight excluding hydrogens is 257 g/mol. The molecule has 2 rings (SSSR count). The van der Waals surface area contributed by atoms with E-state index in [2.05, 4.69) is 0 Å². The van der Waals surface area contributed by atoms with Crippen molar-refractivity contribution in [2.75, 3.05) is 0 Å². The molecule has 0 heterocycles. The second kappa shape index (κ2) is 4.00. The van der Waals surface area contributed by atoms with Crippen molar-refractivity contribution in [3.05, 3.63) is 41.0 Å². The van der Waals surface area contributed by atoms with Crippen molar-refractivity contribution >= 4 is 18.5 Å². The van der Waals surface area contributed by atoms with E-state index in [1.807, 2.05) is 0 Å². The van der Waals surface area contributed by atoms with E-state index in [4.69, 9.17) is 0 Å². The fourth-order valence-corrected chi connectivity index (χ4v) is 1.80. The van der Waals surface area contributed by atoms with E-state index < -0.39 is 23.3 Å². The van der Waals surface area contributed by atoms with E-state index in [-0.39, 0.29) is 18.0 Å². The predicted octanol–water partition coefficient (Wildman–Crippen LogP) is 3.39. The minimum atomic E-state index is -4.81. The summed E-state index contributed by atoms with van der Waals surface area (Å²) in [7, 11) is 0. The van der Waals surface area contributed by atoms with Gasteiger partial charge in [0.05, 0.1) is 0 Å². The van der Waals surface area contributed by atoms with Crippen LogP contribution in [0.15, 0.2) is 29.8 Å². The Hall–Kier alpha value is -1.53. The van der Waals surface area contributed by atoms with Crippen molar-refractivity contribution < 1.29 is 26.3 Å². The van der Waals surface area contributed by atoms with E-state index in [1.165, 1.54) is 24.3 Å². The van der Waals surface area contributed by atoms with Crippen LogP contribution in [-0.4, -0.2) is 24.6 Å². The average Bonchev–Trinajstić information content (AvgIpc) is 2.55. The van der Waals surface area contributed by atoms with Crippen molar-refractivity contribution in [1.82, 2.24) is 0 Å². The van der Waals surface area contributed by atoms with Crippen LogP contribution in [-0.2, 0) is 0 Å². The van der Waals surface area contributed by atoms with Crippen molar-refractivity contribution in [3.63, 3.8) is 0 Å². The summed E-state index contributed by atoms with van der Waals surface area (Å²) in [5, 5.41) is 0. The quantitative estimate of drug-likeness (QED) is 0.496. The van der Waals surface area contributed by atoms with Gasteiger partial charge in [-0.25, -0.2) is 0 Å². The molecule has 0 spiro atoms. The molecule has 18 heavy (non-hydrogen) atoms. The molecule has 1 aliphatic rings. The van der Waals surface area contributed by atoms with Gasteiger partial charge in [-0.3, -0.25) is 0 Å². The zero-order valence-electron chi connectivity index (χ0n) is 8.73. The van der Waals surface area contributed by atoms with Crippen LogP contribution in [0.5, 0.6) is 0 Å². The molecule has 7 heteroatoms. The first-order valence-corrected chi connectivity index (χ1v) is 4.87. The molecule has 94 valence electrons. The molecule has 0 atom stereocenters. The molecule has 0 aromatic heterocycles. The van der Waals surface area contributed by atoms with Gasteiger partial charge in [0.2, 0.25) is 0 Å². The first-order chi connectivity index (χ1) is 8.18. The van der Waals surface area contributed by atoms with Gasteiger partial charge >= 0.3 is 98.0 Å². The van der Waals surface area contributed by atoms with Crippen LogP contribution in [0.1, 0.15) is 11.1 Å². The summed E-state index contributed by atoms with van der Waals surface area (Å²) < 4.78 is 74.9. The van der Waals surface area contributed by atoms with Crippen molar-refractivity contribution in [3.8, 4) is 0 Å². The van der Waals surface area contributed by atoms with Gasteiger partial charge in [0.15, 0.2) is 0 Å². The third-order valence-electron chi connectivity index (χ3n) is 2.45. The molecule has 0 saturated heterocycles. The van der Waals surface area contributed by atoms with Gasteiger partial charge in [-0.1, -0.05) is 0 Å². The van der Waals surface area contributed by atoms with Crippen LogP contribution in [0.3, 0.4) is 0 Å². The van der Waals surface area contributed by atoms with E-state index >= 15 is 0 Å². The Labute approximate surface area is 98.8 Å². The molecule has 0 bridgehead atoms. The number of hydrogen-bond donors (Lipinski definition) is 0. The van der Waals surface area contributed by atoms with Gasteiger partial charge < -0.3 is 0 Å². The Kier molecular flexibility index (Phi) is 2.87. The minimum absolute atomic E-state index is 0.0536. The summed E-state index contributed by atoms with van der Waals surface area (Å²) in [6.07, 6.45) is -8.87. The van der Waals surface area contributed by atoms with Gasteiger partial charge in [0.25, 0.3) is 0 Å². The number of fused-ring (bicyclic) bond motifs is 1. The fourth-order valence-electron chi connectivity index (χ4n) is 1.80. The third kappa shape index (κ3) is 2.49. The molecule has 1 aromatic rings. The maximum absolute atomic E-state index is 12.7. The van der Waals surface area contributed by atoms with Gasteiger partial charge in [-0.2, -0.15) is 0 Å². The van der Waals surface area contributed by atoms with Crippen LogP contribution < -0.4 is 0 Å². The Morgan fingerprint density at radius 1 is 0.889 bits per heavy atom. The molecule has 0 N–H and O–H groups in total. The number of rotatable bonds is 0. The summed E-state index contributed by atoms with van der Waals surface area (Å²) >= 11 is 0. The van der Waals surface area contributed by atoms with Crippen LogP contribution >= 0.6 is 0 Å². The fraction of sp³-hybridized carbons (Fsp3) is 0.182. The Morgan fingerprint density at radius 2 is 1.50 bits per heavy atom. The summed E-state index contributed by atoms with van der Waals surface area (Å²) in [6.45, 7) is -0.307. The third-order valence-corrected chi connectivity index (χ3v) is 2.45. The molecule has 0 radical (unpaired) electrons. The summed E-state index contributed by atoms with van der Waals surface area (Å²) in [5.74, 6) is 0. The monoisotopic (exact) mass is 262 g/mol. The van der Waals surface area contributed by atoms with Crippen LogP contribution in [0.2, 0.25) is 0 Å². The molecule has 0 amide bonds. The summed E-state index contributed by atoms with van der Waals surface area (Å²) in [6, 6.07) is 5.45. The molecule has 1 aromatic carbocycles. The number of alkyl halides is 6. The maximum atomic E-state index is 12.7. The summed E-state index contributed by atoms with van der Waals surface area (Å²) in [5.41, 5.74) is -2.01.